The Balaban J connectivity index is 2.13. The monoisotopic (exact) mass is 277 g/mol. The lowest BCUT2D eigenvalue weighted by molar-refractivity contribution is 0.0765. The Bertz CT molecular complexity index is 484. The van der Waals surface area contributed by atoms with Crippen molar-refractivity contribution in [1.29, 1.82) is 0 Å². The number of carbonyl (C=O) groups excluding carboxylic acids is 1. The number of amides is 1. The number of nitrogens with zero attached hydrogens (tertiary/aromatic N) is 2. The van der Waals surface area contributed by atoms with Gasteiger partial charge in [0.15, 0.2) is 0 Å². The first-order valence-electron chi connectivity index (χ1n) is 7.58. The second-order valence-corrected chi connectivity index (χ2v) is 6.95. The van der Waals surface area contributed by atoms with Crippen molar-refractivity contribution in [3.63, 3.8) is 0 Å². The van der Waals surface area contributed by atoms with E-state index in [-0.39, 0.29) is 11.3 Å². The minimum Gasteiger partial charge on any atom is -0.397 e. The van der Waals surface area contributed by atoms with Gasteiger partial charge in [0.05, 0.1) is 5.69 Å². The largest absolute Gasteiger partial charge is 0.397 e. The summed E-state index contributed by atoms with van der Waals surface area (Å²) in [7, 11) is 0. The fourth-order valence-electron chi connectivity index (χ4n) is 2.95. The van der Waals surface area contributed by atoms with Gasteiger partial charge in [-0.2, -0.15) is 0 Å². The van der Waals surface area contributed by atoms with Crippen molar-refractivity contribution < 1.29 is 4.79 Å². The predicted molar refractivity (Wildman–Crippen MR) is 82.6 cm³/mol. The van der Waals surface area contributed by atoms with Crippen molar-refractivity contribution in [2.24, 2.45) is 11.3 Å². The lowest BCUT2D eigenvalue weighted by Gasteiger charge is -2.27. The highest BCUT2D eigenvalue weighted by atomic mass is 16.2. The van der Waals surface area contributed by atoms with Gasteiger partial charge in [0.1, 0.15) is 5.69 Å². The molecule has 1 amide bonds. The van der Waals surface area contributed by atoms with Gasteiger partial charge in [0, 0.05) is 25.8 Å². The highest BCUT2D eigenvalue weighted by Crippen LogP contribution is 2.34. The SMILES string of the molecule is CCCn1cc(N)cc1C(=O)N1CCC(C(C)(C)C)C1. The number of carbonyl (C=O) groups is 1. The molecule has 0 aromatic carbocycles. The molecule has 0 radical (unpaired) electrons. The van der Waals surface area contributed by atoms with Gasteiger partial charge in [-0.1, -0.05) is 27.7 Å². The molecule has 1 saturated heterocycles. The van der Waals surface area contributed by atoms with Crippen LogP contribution >= 0.6 is 0 Å². The average Bonchev–Trinajstić information content (AvgIpc) is 2.95. The van der Waals surface area contributed by atoms with E-state index in [0.717, 1.165) is 38.2 Å². The molecule has 112 valence electrons. The summed E-state index contributed by atoms with van der Waals surface area (Å²) < 4.78 is 1.99. The molecule has 1 aromatic heterocycles. The van der Waals surface area contributed by atoms with E-state index in [4.69, 9.17) is 5.73 Å². The van der Waals surface area contributed by atoms with Crippen LogP contribution in [0.15, 0.2) is 12.3 Å². The first-order valence-corrected chi connectivity index (χ1v) is 7.58. The molecule has 2 heterocycles. The molecule has 0 saturated carbocycles. The van der Waals surface area contributed by atoms with Crippen LogP contribution in [0.25, 0.3) is 0 Å². The first kappa shape index (κ1) is 14.9. The third-order valence-corrected chi connectivity index (χ3v) is 4.30. The van der Waals surface area contributed by atoms with Crippen molar-refractivity contribution in [1.82, 2.24) is 9.47 Å². The molecule has 1 aromatic rings. The molecule has 1 fully saturated rings. The van der Waals surface area contributed by atoms with Gasteiger partial charge in [-0.25, -0.2) is 0 Å². The molecule has 1 aliphatic heterocycles. The van der Waals surface area contributed by atoms with Crippen LogP contribution in [-0.4, -0.2) is 28.5 Å². The van der Waals surface area contributed by atoms with Crippen molar-refractivity contribution in [3.05, 3.63) is 18.0 Å². The Labute approximate surface area is 121 Å². The number of hydrogen-bond donors (Lipinski definition) is 1. The summed E-state index contributed by atoms with van der Waals surface area (Å²) in [6.45, 7) is 11.4. The zero-order chi connectivity index (χ0) is 14.9. The molecule has 4 heteroatoms. The van der Waals surface area contributed by atoms with Crippen LogP contribution in [0.1, 0.15) is 51.0 Å². The molecule has 1 atom stereocenters. The van der Waals surface area contributed by atoms with Gasteiger partial charge in [0.25, 0.3) is 5.91 Å². The minimum atomic E-state index is 0.127. The van der Waals surface area contributed by atoms with Crippen molar-refractivity contribution in [3.8, 4) is 0 Å². The Morgan fingerprint density at radius 3 is 2.70 bits per heavy atom. The van der Waals surface area contributed by atoms with E-state index in [0.29, 0.717) is 11.6 Å². The van der Waals surface area contributed by atoms with Crippen LogP contribution < -0.4 is 5.73 Å². The quantitative estimate of drug-likeness (QED) is 0.923. The minimum absolute atomic E-state index is 0.127. The number of aromatic nitrogens is 1. The summed E-state index contributed by atoms with van der Waals surface area (Å²) in [6.07, 6.45) is 3.96. The van der Waals surface area contributed by atoms with E-state index in [9.17, 15) is 4.79 Å². The number of nitrogen functional groups attached to an aromatic ring is 1. The lowest BCUT2D eigenvalue weighted by Crippen LogP contribution is -2.32. The maximum atomic E-state index is 12.7. The van der Waals surface area contributed by atoms with Crippen LogP contribution in [0, 0.1) is 11.3 Å². The van der Waals surface area contributed by atoms with Crippen LogP contribution in [0.3, 0.4) is 0 Å². The van der Waals surface area contributed by atoms with Crippen LogP contribution in [0.2, 0.25) is 0 Å². The molecule has 0 bridgehead atoms. The van der Waals surface area contributed by atoms with Gasteiger partial charge in [-0.3, -0.25) is 4.79 Å². The van der Waals surface area contributed by atoms with E-state index in [2.05, 4.69) is 27.7 Å². The lowest BCUT2D eigenvalue weighted by atomic mass is 9.80. The van der Waals surface area contributed by atoms with E-state index in [1.54, 1.807) is 0 Å². The Morgan fingerprint density at radius 1 is 1.45 bits per heavy atom. The van der Waals surface area contributed by atoms with Crippen molar-refractivity contribution >= 4 is 11.6 Å². The summed E-state index contributed by atoms with van der Waals surface area (Å²) >= 11 is 0. The second-order valence-electron chi connectivity index (χ2n) is 6.95. The molecule has 0 aliphatic carbocycles. The Kier molecular flexibility index (Phi) is 4.11. The molecule has 0 spiro atoms. The molecule has 4 nitrogen and oxygen atoms in total. The van der Waals surface area contributed by atoms with Gasteiger partial charge < -0.3 is 15.2 Å². The zero-order valence-corrected chi connectivity index (χ0v) is 13.1. The highest BCUT2D eigenvalue weighted by molar-refractivity contribution is 5.94. The third-order valence-electron chi connectivity index (χ3n) is 4.30. The summed E-state index contributed by atoms with van der Waals surface area (Å²) in [6, 6.07) is 1.81. The summed E-state index contributed by atoms with van der Waals surface area (Å²) in [5.41, 5.74) is 7.52. The van der Waals surface area contributed by atoms with E-state index >= 15 is 0 Å². The predicted octanol–water partition coefficient (Wildman–Crippen LogP) is 2.99. The van der Waals surface area contributed by atoms with Gasteiger partial charge in [-0.15, -0.1) is 0 Å². The summed E-state index contributed by atoms with van der Waals surface area (Å²) in [5, 5.41) is 0. The summed E-state index contributed by atoms with van der Waals surface area (Å²) in [5.74, 6) is 0.709. The molecule has 20 heavy (non-hydrogen) atoms. The van der Waals surface area contributed by atoms with Crippen LogP contribution in [0.4, 0.5) is 5.69 Å². The molecule has 1 aliphatic rings. The van der Waals surface area contributed by atoms with Gasteiger partial charge >= 0.3 is 0 Å². The fourth-order valence-corrected chi connectivity index (χ4v) is 2.95. The van der Waals surface area contributed by atoms with E-state index in [1.165, 1.54) is 0 Å². The first-order chi connectivity index (χ1) is 9.32. The van der Waals surface area contributed by atoms with Crippen molar-refractivity contribution in [2.75, 3.05) is 18.8 Å². The molecule has 1 unspecified atom stereocenters. The van der Waals surface area contributed by atoms with E-state index in [1.807, 2.05) is 21.7 Å². The Hall–Kier alpha value is -1.45. The summed E-state index contributed by atoms with van der Waals surface area (Å²) in [4.78, 5) is 14.7. The molecule has 2 rings (SSSR count). The number of nitrogens with two attached hydrogens (primary N) is 1. The number of anilines is 1. The van der Waals surface area contributed by atoms with Gasteiger partial charge in [-0.05, 0) is 30.2 Å². The molecule has 2 N–H and O–H groups in total. The number of aryl methyl sites for hydroxylation is 1. The molecular weight excluding hydrogens is 250 g/mol. The average molecular weight is 277 g/mol. The molecular formula is C16H27N3O. The number of likely N-dealkylation sites (tertiary alicyclic amines) is 1. The topological polar surface area (TPSA) is 51.3 Å². The van der Waals surface area contributed by atoms with Crippen LogP contribution in [-0.2, 0) is 6.54 Å². The van der Waals surface area contributed by atoms with Gasteiger partial charge in [0.2, 0.25) is 0 Å². The maximum absolute atomic E-state index is 12.7. The second kappa shape index (κ2) is 5.51. The maximum Gasteiger partial charge on any atom is 0.270 e. The zero-order valence-electron chi connectivity index (χ0n) is 13.1. The van der Waals surface area contributed by atoms with Crippen molar-refractivity contribution in [2.45, 2.75) is 47.1 Å². The smallest absolute Gasteiger partial charge is 0.270 e. The van der Waals surface area contributed by atoms with Crippen LogP contribution in [0.5, 0.6) is 0 Å². The van der Waals surface area contributed by atoms with E-state index < -0.39 is 0 Å². The fraction of sp³-hybridized carbons (Fsp3) is 0.688. The Morgan fingerprint density at radius 2 is 2.15 bits per heavy atom. The number of rotatable bonds is 3. The highest BCUT2D eigenvalue weighted by Gasteiger charge is 2.34. The normalized spacial score (nSPS) is 19.6. The third kappa shape index (κ3) is 3.00. The number of hydrogen-bond acceptors (Lipinski definition) is 2. The standard InChI is InChI=1S/C16H27N3O/c1-5-7-18-11-13(17)9-14(18)15(20)19-8-6-12(10-19)16(2,3)4/h9,11-12H,5-8,10,17H2,1-4H3.